The highest BCUT2D eigenvalue weighted by atomic mass is 19.4. The number of benzene rings is 2. The summed E-state index contributed by atoms with van der Waals surface area (Å²) >= 11 is 0. The van der Waals surface area contributed by atoms with Crippen LogP contribution in [0.2, 0.25) is 0 Å². The summed E-state index contributed by atoms with van der Waals surface area (Å²) in [4.78, 5) is 0. The Morgan fingerprint density at radius 3 is 1.23 bits per heavy atom. The van der Waals surface area contributed by atoms with E-state index in [-0.39, 0.29) is 11.1 Å². The highest BCUT2D eigenvalue weighted by molar-refractivity contribution is 5.42. The van der Waals surface area contributed by atoms with Gasteiger partial charge in [0.2, 0.25) is 0 Å². The minimum Gasteiger partial charge on any atom is -0.170 e. The molecular formula is C19H21F3. The molecule has 118 valence electrons. The smallest absolute Gasteiger partial charge is 0.170 e. The average Bonchev–Trinajstić information content (AvgIpc) is 2.53. The maximum Gasteiger partial charge on any atom is 0.402 e. The zero-order chi connectivity index (χ0) is 16.4. The molecule has 2 aromatic rings. The van der Waals surface area contributed by atoms with Gasteiger partial charge < -0.3 is 0 Å². The molecule has 0 atom stereocenters. The fourth-order valence-corrected chi connectivity index (χ4v) is 2.64. The summed E-state index contributed by atoms with van der Waals surface area (Å²) in [5.74, 6) is 0. The molecule has 0 fully saturated rings. The predicted octanol–water partition coefficient (Wildman–Crippen LogP) is 5.68. The van der Waals surface area contributed by atoms with Crippen LogP contribution < -0.4 is 0 Å². The van der Waals surface area contributed by atoms with Crippen molar-refractivity contribution in [1.29, 1.82) is 0 Å². The molecular weight excluding hydrogens is 285 g/mol. The van der Waals surface area contributed by atoms with Gasteiger partial charge in [-0.05, 0) is 42.0 Å². The molecule has 0 aliphatic carbocycles. The van der Waals surface area contributed by atoms with E-state index in [0.717, 1.165) is 24.0 Å². The SMILES string of the molecule is CCc1ccc(C(C)(c2ccc(CC)cc2)C(F)(F)F)cc1. The molecule has 0 unspecified atom stereocenters. The van der Waals surface area contributed by atoms with Gasteiger partial charge in [-0.2, -0.15) is 13.2 Å². The summed E-state index contributed by atoms with van der Waals surface area (Å²) in [5.41, 5.74) is 0.637. The highest BCUT2D eigenvalue weighted by Crippen LogP contribution is 2.46. The standard InChI is InChI=1S/C19H21F3/c1-4-14-6-10-16(11-7-14)18(3,19(20,21)22)17-12-8-15(5-2)9-13-17/h6-13H,4-5H2,1-3H3. The van der Waals surface area contributed by atoms with Gasteiger partial charge in [-0.3, -0.25) is 0 Å². The quantitative estimate of drug-likeness (QED) is 0.681. The Kier molecular flexibility index (Phi) is 4.64. The number of hydrogen-bond acceptors (Lipinski definition) is 0. The van der Waals surface area contributed by atoms with Crippen LogP contribution in [0.15, 0.2) is 48.5 Å². The summed E-state index contributed by atoms with van der Waals surface area (Å²) in [6.45, 7) is 5.23. The number of halogens is 3. The Morgan fingerprint density at radius 1 is 0.682 bits per heavy atom. The minimum atomic E-state index is -4.35. The second-order valence-electron chi connectivity index (χ2n) is 5.72. The summed E-state index contributed by atoms with van der Waals surface area (Å²) < 4.78 is 41.5. The maximum absolute atomic E-state index is 13.8. The second-order valence-corrected chi connectivity index (χ2v) is 5.72. The van der Waals surface area contributed by atoms with Crippen molar-refractivity contribution in [2.45, 2.75) is 45.2 Å². The van der Waals surface area contributed by atoms with Crippen molar-refractivity contribution >= 4 is 0 Å². The molecule has 22 heavy (non-hydrogen) atoms. The van der Waals surface area contributed by atoms with E-state index in [0.29, 0.717) is 0 Å². The third-order valence-corrected chi connectivity index (χ3v) is 4.45. The molecule has 3 heteroatoms. The van der Waals surface area contributed by atoms with E-state index in [1.54, 1.807) is 48.5 Å². The fourth-order valence-electron chi connectivity index (χ4n) is 2.64. The second kappa shape index (κ2) is 6.15. The Morgan fingerprint density at radius 2 is 1.00 bits per heavy atom. The van der Waals surface area contributed by atoms with Crippen molar-refractivity contribution in [2.24, 2.45) is 0 Å². The van der Waals surface area contributed by atoms with Crippen LogP contribution in [0.5, 0.6) is 0 Å². The monoisotopic (exact) mass is 306 g/mol. The van der Waals surface area contributed by atoms with Gasteiger partial charge >= 0.3 is 6.18 Å². The first-order chi connectivity index (χ1) is 10.3. The summed E-state index contributed by atoms with van der Waals surface area (Å²) in [6.07, 6.45) is -2.73. The zero-order valence-electron chi connectivity index (χ0n) is 13.2. The summed E-state index contributed by atoms with van der Waals surface area (Å²) in [5, 5.41) is 0. The first kappa shape index (κ1) is 16.6. The number of aryl methyl sites for hydroxylation is 2. The molecule has 0 aromatic heterocycles. The Labute approximate surface area is 130 Å². The van der Waals surface area contributed by atoms with E-state index < -0.39 is 11.6 Å². The number of rotatable bonds is 4. The Bertz CT molecular complexity index is 559. The lowest BCUT2D eigenvalue weighted by atomic mass is 9.75. The zero-order valence-corrected chi connectivity index (χ0v) is 13.2. The number of hydrogen-bond donors (Lipinski definition) is 0. The summed E-state index contributed by atoms with van der Waals surface area (Å²) in [6, 6.07) is 13.5. The normalized spacial score (nSPS) is 12.5. The molecule has 0 saturated heterocycles. The van der Waals surface area contributed by atoms with Crippen molar-refractivity contribution < 1.29 is 13.2 Å². The topological polar surface area (TPSA) is 0 Å². The van der Waals surface area contributed by atoms with Gasteiger partial charge in [-0.1, -0.05) is 62.4 Å². The van der Waals surface area contributed by atoms with Gasteiger partial charge in [0.25, 0.3) is 0 Å². The number of alkyl halides is 3. The van der Waals surface area contributed by atoms with E-state index in [9.17, 15) is 13.2 Å². The van der Waals surface area contributed by atoms with E-state index >= 15 is 0 Å². The van der Waals surface area contributed by atoms with Crippen molar-refractivity contribution in [3.63, 3.8) is 0 Å². The molecule has 0 bridgehead atoms. The third-order valence-electron chi connectivity index (χ3n) is 4.45. The van der Waals surface area contributed by atoms with E-state index in [2.05, 4.69) is 0 Å². The minimum absolute atomic E-state index is 0.279. The first-order valence-electron chi connectivity index (χ1n) is 7.58. The lowest BCUT2D eigenvalue weighted by molar-refractivity contribution is -0.173. The molecule has 2 aromatic carbocycles. The molecule has 0 aliphatic rings. The van der Waals surface area contributed by atoms with Crippen molar-refractivity contribution in [1.82, 2.24) is 0 Å². The van der Waals surface area contributed by atoms with Crippen LogP contribution >= 0.6 is 0 Å². The van der Waals surface area contributed by atoms with Crippen LogP contribution in [-0.2, 0) is 18.3 Å². The van der Waals surface area contributed by atoms with Crippen LogP contribution in [0.1, 0.15) is 43.0 Å². The Hall–Kier alpha value is -1.77. The average molecular weight is 306 g/mol. The third kappa shape index (κ3) is 2.90. The van der Waals surface area contributed by atoms with Gasteiger partial charge in [0.1, 0.15) is 5.41 Å². The van der Waals surface area contributed by atoms with Crippen LogP contribution in [0.25, 0.3) is 0 Å². The van der Waals surface area contributed by atoms with Crippen LogP contribution in [0.3, 0.4) is 0 Å². The highest BCUT2D eigenvalue weighted by Gasteiger charge is 2.53. The fraction of sp³-hybridized carbons (Fsp3) is 0.368. The van der Waals surface area contributed by atoms with E-state index in [4.69, 9.17) is 0 Å². The van der Waals surface area contributed by atoms with Gasteiger partial charge in [-0.15, -0.1) is 0 Å². The lowest BCUT2D eigenvalue weighted by Crippen LogP contribution is -2.40. The molecule has 2 rings (SSSR count). The maximum atomic E-state index is 13.8. The van der Waals surface area contributed by atoms with E-state index in [1.165, 1.54) is 6.92 Å². The molecule has 0 aliphatic heterocycles. The van der Waals surface area contributed by atoms with Gasteiger partial charge in [0.15, 0.2) is 0 Å². The molecule has 0 N–H and O–H groups in total. The predicted molar refractivity (Wildman–Crippen MR) is 84.1 cm³/mol. The van der Waals surface area contributed by atoms with Crippen molar-refractivity contribution in [2.75, 3.05) is 0 Å². The molecule has 0 saturated carbocycles. The van der Waals surface area contributed by atoms with Crippen LogP contribution in [0.4, 0.5) is 13.2 Å². The molecule has 0 spiro atoms. The first-order valence-corrected chi connectivity index (χ1v) is 7.58. The van der Waals surface area contributed by atoms with E-state index in [1.807, 2.05) is 13.8 Å². The molecule has 0 heterocycles. The Balaban J connectivity index is 2.55. The molecule has 0 nitrogen and oxygen atoms in total. The largest absolute Gasteiger partial charge is 0.402 e. The van der Waals surface area contributed by atoms with Gasteiger partial charge in [0.05, 0.1) is 0 Å². The van der Waals surface area contributed by atoms with Gasteiger partial charge in [0, 0.05) is 0 Å². The molecule has 0 radical (unpaired) electrons. The van der Waals surface area contributed by atoms with Crippen molar-refractivity contribution in [3.8, 4) is 0 Å². The van der Waals surface area contributed by atoms with Gasteiger partial charge in [-0.25, -0.2) is 0 Å². The summed E-state index contributed by atoms with van der Waals surface area (Å²) in [7, 11) is 0. The van der Waals surface area contributed by atoms with Crippen molar-refractivity contribution in [3.05, 3.63) is 70.8 Å². The lowest BCUT2D eigenvalue weighted by Gasteiger charge is -2.33. The van der Waals surface area contributed by atoms with Crippen LogP contribution in [-0.4, -0.2) is 6.18 Å². The molecule has 0 amide bonds. The van der Waals surface area contributed by atoms with Crippen LogP contribution in [0, 0.1) is 0 Å².